The van der Waals surface area contributed by atoms with Crippen molar-refractivity contribution in [1.29, 1.82) is 0 Å². The summed E-state index contributed by atoms with van der Waals surface area (Å²) in [5, 5.41) is 28.4. The van der Waals surface area contributed by atoms with Gasteiger partial charge in [0.1, 0.15) is 18.1 Å². The molecule has 0 aromatic carbocycles. The molecule has 0 saturated carbocycles. The molecule has 8 N–H and O–H groups in total. The van der Waals surface area contributed by atoms with E-state index in [1.165, 1.54) is 0 Å². The Balaban J connectivity index is 2.80. The van der Waals surface area contributed by atoms with Gasteiger partial charge in [0.05, 0.1) is 19.1 Å². The van der Waals surface area contributed by atoms with E-state index >= 15 is 0 Å². The summed E-state index contributed by atoms with van der Waals surface area (Å²) in [6.07, 6.45) is 0.857. The minimum Gasteiger partial charge on any atom is -0.480 e. The molecule has 0 radical (unpaired) electrons. The average Bonchev–Trinajstić information content (AvgIpc) is 3.16. The van der Waals surface area contributed by atoms with Crippen LogP contribution in [0.2, 0.25) is 0 Å². The number of rotatable bonds is 11. The molecule has 4 atom stereocenters. The molecule has 1 saturated heterocycles. The number of hydrogen-bond donors (Lipinski definition) is 7. The number of nitrogens with two attached hydrogens (primary N) is 1. The SMILES string of the molecule is CC(C)C(NC(=O)C(CO)NC(=O)C(CC(N)=O)NC(=O)C1CCCN1)C(=O)O. The molecule has 0 aromatic rings. The highest BCUT2D eigenvalue weighted by Crippen LogP contribution is 2.06. The Labute approximate surface area is 168 Å². The minimum absolute atomic E-state index is 0.438. The minimum atomic E-state index is -1.47. The van der Waals surface area contributed by atoms with Crippen LogP contribution in [0.15, 0.2) is 0 Å². The summed E-state index contributed by atoms with van der Waals surface area (Å²) in [6.45, 7) is 3.00. The molecule has 1 heterocycles. The highest BCUT2D eigenvalue weighted by Gasteiger charge is 2.32. The molecule has 1 aliphatic rings. The maximum atomic E-state index is 12.5. The quantitative estimate of drug-likeness (QED) is 0.183. The molecule has 0 spiro atoms. The predicted octanol–water partition coefficient (Wildman–Crippen LogP) is -3.20. The molecule has 0 bridgehead atoms. The van der Waals surface area contributed by atoms with Crippen LogP contribution in [0.25, 0.3) is 0 Å². The zero-order valence-corrected chi connectivity index (χ0v) is 16.4. The van der Waals surface area contributed by atoms with Crippen LogP contribution >= 0.6 is 0 Å². The molecular weight excluding hydrogens is 386 g/mol. The fraction of sp³-hybridized carbons (Fsp3) is 0.706. The zero-order chi connectivity index (χ0) is 22.1. The summed E-state index contributed by atoms with van der Waals surface area (Å²) in [4.78, 5) is 59.5. The van der Waals surface area contributed by atoms with Crippen molar-refractivity contribution in [2.75, 3.05) is 13.2 Å². The number of primary amides is 1. The molecule has 29 heavy (non-hydrogen) atoms. The smallest absolute Gasteiger partial charge is 0.326 e. The number of hydrogen-bond acceptors (Lipinski definition) is 7. The number of aliphatic hydroxyl groups excluding tert-OH is 1. The third kappa shape index (κ3) is 7.66. The van der Waals surface area contributed by atoms with Gasteiger partial charge in [0.15, 0.2) is 0 Å². The van der Waals surface area contributed by atoms with Gasteiger partial charge < -0.3 is 37.2 Å². The van der Waals surface area contributed by atoms with Gasteiger partial charge in [0, 0.05) is 0 Å². The summed E-state index contributed by atoms with van der Waals surface area (Å²) >= 11 is 0. The van der Waals surface area contributed by atoms with E-state index in [1.54, 1.807) is 13.8 Å². The second kappa shape index (κ2) is 11.3. The largest absolute Gasteiger partial charge is 0.480 e. The summed E-state index contributed by atoms with van der Waals surface area (Å²) in [7, 11) is 0. The first-order chi connectivity index (χ1) is 13.6. The Morgan fingerprint density at radius 2 is 1.69 bits per heavy atom. The van der Waals surface area contributed by atoms with E-state index in [0.717, 1.165) is 6.42 Å². The number of carbonyl (C=O) groups excluding carboxylic acids is 4. The van der Waals surface area contributed by atoms with Crippen molar-refractivity contribution in [3.63, 3.8) is 0 Å². The van der Waals surface area contributed by atoms with Crippen LogP contribution in [0.3, 0.4) is 0 Å². The Bertz CT molecular complexity index is 634. The molecular formula is C17H29N5O7. The van der Waals surface area contributed by atoms with E-state index in [0.29, 0.717) is 13.0 Å². The molecule has 1 rings (SSSR count). The number of aliphatic carboxylic acids is 1. The van der Waals surface area contributed by atoms with Crippen molar-refractivity contribution in [3.05, 3.63) is 0 Å². The van der Waals surface area contributed by atoms with Gasteiger partial charge in [-0.15, -0.1) is 0 Å². The van der Waals surface area contributed by atoms with Gasteiger partial charge in [-0.3, -0.25) is 19.2 Å². The Hall–Kier alpha value is -2.73. The summed E-state index contributed by atoms with van der Waals surface area (Å²) < 4.78 is 0. The topological polar surface area (TPSA) is 200 Å². The van der Waals surface area contributed by atoms with Gasteiger partial charge in [-0.25, -0.2) is 4.79 Å². The van der Waals surface area contributed by atoms with Crippen LogP contribution in [-0.2, 0) is 24.0 Å². The van der Waals surface area contributed by atoms with E-state index in [-0.39, 0.29) is 0 Å². The average molecular weight is 415 g/mol. The second-order valence-corrected chi connectivity index (χ2v) is 7.19. The van der Waals surface area contributed by atoms with Gasteiger partial charge >= 0.3 is 5.97 Å². The van der Waals surface area contributed by atoms with Gasteiger partial charge in [-0.1, -0.05) is 13.8 Å². The highest BCUT2D eigenvalue weighted by atomic mass is 16.4. The number of carboxylic acid groups (broad SMARTS) is 1. The first-order valence-electron chi connectivity index (χ1n) is 9.33. The highest BCUT2D eigenvalue weighted by molar-refractivity contribution is 5.96. The molecule has 0 aliphatic carbocycles. The molecule has 164 valence electrons. The summed E-state index contributed by atoms with van der Waals surface area (Å²) in [6, 6.07) is -4.54. The van der Waals surface area contributed by atoms with Crippen LogP contribution in [0.5, 0.6) is 0 Å². The number of carboxylic acids is 1. The van der Waals surface area contributed by atoms with Gasteiger partial charge in [-0.2, -0.15) is 0 Å². The third-order valence-corrected chi connectivity index (χ3v) is 4.46. The summed E-state index contributed by atoms with van der Waals surface area (Å²) in [5.74, 6) is -4.85. The van der Waals surface area contributed by atoms with E-state index in [4.69, 9.17) is 10.8 Å². The maximum Gasteiger partial charge on any atom is 0.326 e. The fourth-order valence-corrected chi connectivity index (χ4v) is 2.82. The Morgan fingerprint density at radius 1 is 1.07 bits per heavy atom. The van der Waals surface area contributed by atoms with Crippen molar-refractivity contribution < 1.29 is 34.2 Å². The molecule has 1 aliphatic heterocycles. The number of carbonyl (C=O) groups is 5. The maximum absolute atomic E-state index is 12.5. The number of nitrogens with one attached hydrogen (secondary N) is 4. The lowest BCUT2D eigenvalue weighted by molar-refractivity contribution is -0.144. The van der Waals surface area contributed by atoms with Crippen molar-refractivity contribution in [1.82, 2.24) is 21.3 Å². The van der Waals surface area contributed by atoms with Crippen molar-refractivity contribution in [2.45, 2.75) is 57.3 Å². The molecule has 12 nitrogen and oxygen atoms in total. The molecule has 4 amide bonds. The van der Waals surface area contributed by atoms with E-state index in [2.05, 4.69) is 21.3 Å². The lowest BCUT2D eigenvalue weighted by Gasteiger charge is -2.24. The van der Waals surface area contributed by atoms with Gasteiger partial charge in [-0.05, 0) is 25.3 Å². The normalized spacial score (nSPS) is 19.1. The van der Waals surface area contributed by atoms with E-state index < -0.39 is 72.7 Å². The monoisotopic (exact) mass is 415 g/mol. The van der Waals surface area contributed by atoms with Crippen LogP contribution in [0.1, 0.15) is 33.1 Å². The fourth-order valence-electron chi connectivity index (χ4n) is 2.82. The van der Waals surface area contributed by atoms with E-state index in [1.807, 2.05) is 0 Å². The third-order valence-electron chi connectivity index (χ3n) is 4.46. The standard InChI is InChI=1S/C17H29N5O7/c1-8(2)13(17(28)29)22-16(27)11(7-23)21-15(26)10(6-12(18)24)20-14(25)9-4-3-5-19-9/h8-11,13,19,23H,3-7H2,1-2H3,(H2,18,24)(H,20,25)(H,21,26)(H,22,27)(H,28,29). The molecule has 1 fully saturated rings. The first kappa shape index (κ1) is 24.3. The van der Waals surface area contributed by atoms with Crippen LogP contribution in [-0.4, -0.2) is 77.1 Å². The molecule has 4 unspecified atom stereocenters. The first-order valence-corrected chi connectivity index (χ1v) is 9.33. The lowest BCUT2D eigenvalue weighted by atomic mass is 10.0. The Morgan fingerprint density at radius 3 is 2.14 bits per heavy atom. The van der Waals surface area contributed by atoms with Crippen molar-refractivity contribution in [3.8, 4) is 0 Å². The van der Waals surface area contributed by atoms with Gasteiger partial charge in [0.2, 0.25) is 23.6 Å². The van der Waals surface area contributed by atoms with Crippen molar-refractivity contribution >= 4 is 29.6 Å². The van der Waals surface area contributed by atoms with Crippen molar-refractivity contribution in [2.24, 2.45) is 11.7 Å². The zero-order valence-electron chi connectivity index (χ0n) is 16.4. The molecule has 0 aromatic heterocycles. The number of aliphatic hydroxyl groups is 1. The van der Waals surface area contributed by atoms with Crippen LogP contribution < -0.4 is 27.0 Å². The van der Waals surface area contributed by atoms with Crippen LogP contribution in [0.4, 0.5) is 0 Å². The van der Waals surface area contributed by atoms with Gasteiger partial charge in [0.25, 0.3) is 0 Å². The van der Waals surface area contributed by atoms with E-state index in [9.17, 15) is 29.1 Å². The molecule has 12 heteroatoms. The van der Waals surface area contributed by atoms with Crippen LogP contribution in [0, 0.1) is 5.92 Å². The predicted molar refractivity (Wildman–Crippen MR) is 100 cm³/mol. The summed E-state index contributed by atoms with van der Waals surface area (Å²) in [5.41, 5.74) is 5.14. The lowest BCUT2D eigenvalue weighted by Crippen LogP contribution is -2.59. The number of amides is 4. The Kier molecular flexibility index (Phi) is 9.48. The second-order valence-electron chi connectivity index (χ2n) is 7.19.